The molecule has 2 atom stereocenters. The van der Waals surface area contributed by atoms with Gasteiger partial charge in [0.2, 0.25) is 0 Å². The molecule has 36 valence electrons. The molecule has 0 bridgehead atoms. The highest BCUT2D eigenvalue weighted by Crippen LogP contribution is 2.61. The van der Waals surface area contributed by atoms with Crippen LogP contribution in [0.3, 0.4) is 0 Å². The van der Waals surface area contributed by atoms with Crippen molar-refractivity contribution in [3.8, 4) is 0 Å². The van der Waals surface area contributed by atoms with E-state index >= 15 is 0 Å². The van der Waals surface area contributed by atoms with Gasteiger partial charge in [0.25, 0.3) is 0 Å². The second-order valence-corrected chi connectivity index (χ2v) is 12.8. The predicted molar refractivity (Wildman–Crippen MR) is 41.1 cm³/mol. The average Bonchev–Trinajstić information content (AvgIpc) is 1.61. The van der Waals surface area contributed by atoms with Crippen molar-refractivity contribution in [2.24, 2.45) is 0 Å². The van der Waals surface area contributed by atoms with Crippen LogP contribution >= 0.6 is 12.8 Å². The Morgan fingerprint density at radius 3 is 1.33 bits per heavy atom. The standard InChI is InChI=1S/C2H6P2S2/c5-3-1-2-4(3)6/h3-4H,1-2H2. The molecule has 2 unspecified atom stereocenters. The van der Waals surface area contributed by atoms with E-state index in [9.17, 15) is 0 Å². The largest absolute Gasteiger partial charge is 0.0956 e. The van der Waals surface area contributed by atoms with Crippen LogP contribution in [0.15, 0.2) is 0 Å². The Kier molecular flexibility index (Phi) is 1.85. The molecule has 1 aliphatic heterocycles. The zero-order valence-electron chi connectivity index (χ0n) is 3.23. The van der Waals surface area contributed by atoms with E-state index in [1.807, 2.05) is 0 Å². The minimum absolute atomic E-state index is 0.271. The van der Waals surface area contributed by atoms with E-state index in [4.69, 9.17) is 23.6 Å². The summed E-state index contributed by atoms with van der Waals surface area (Å²) in [5, 5.41) is 0. The van der Waals surface area contributed by atoms with Crippen LogP contribution in [-0.2, 0) is 23.6 Å². The first-order valence-electron chi connectivity index (χ1n) is 1.87. The molecule has 0 aliphatic carbocycles. The molecule has 0 aromatic rings. The molecule has 0 amide bonds. The number of rotatable bonds is 0. The lowest BCUT2D eigenvalue weighted by atomic mass is 11.0. The predicted octanol–water partition coefficient (Wildman–Crippen LogP) is 1.27. The molecule has 0 spiro atoms. The van der Waals surface area contributed by atoms with Crippen molar-refractivity contribution >= 4 is 36.4 Å². The first-order valence-corrected chi connectivity index (χ1v) is 8.55. The molecule has 1 aliphatic rings. The lowest BCUT2D eigenvalue weighted by Gasteiger charge is -2.15. The van der Waals surface area contributed by atoms with Gasteiger partial charge in [-0.2, -0.15) is 0 Å². The van der Waals surface area contributed by atoms with Gasteiger partial charge in [0.05, 0.1) is 0 Å². The Hall–Kier alpha value is 1.30. The number of hydrogen-bond donors (Lipinski definition) is 0. The van der Waals surface area contributed by atoms with Crippen molar-refractivity contribution in [3.05, 3.63) is 0 Å². The lowest BCUT2D eigenvalue weighted by molar-refractivity contribution is 1.52. The van der Waals surface area contributed by atoms with Crippen LogP contribution < -0.4 is 0 Å². The molecule has 0 aromatic heterocycles. The zero-order valence-corrected chi connectivity index (χ0v) is 6.86. The Morgan fingerprint density at radius 2 is 1.33 bits per heavy atom. The minimum Gasteiger partial charge on any atom is -0.0956 e. The van der Waals surface area contributed by atoms with Gasteiger partial charge in [0, 0.05) is 0 Å². The van der Waals surface area contributed by atoms with Crippen molar-refractivity contribution < 1.29 is 0 Å². The van der Waals surface area contributed by atoms with Gasteiger partial charge in [0.1, 0.15) is 0 Å². The van der Waals surface area contributed by atoms with Crippen molar-refractivity contribution in [1.29, 1.82) is 0 Å². The van der Waals surface area contributed by atoms with Crippen LogP contribution in [0.25, 0.3) is 0 Å². The molecule has 0 nitrogen and oxygen atoms in total. The van der Waals surface area contributed by atoms with Crippen molar-refractivity contribution in [3.63, 3.8) is 0 Å². The highest BCUT2D eigenvalue weighted by Gasteiger charge is 2.10. The molecule has 6 heavy (non-hydrogen) atoms. The lowest BCUT2D eigenvalue weighted by Crippen LogP contribution is -1.88. The fourth-order valence-corrected chi connectivity index (χ4v) is 6.64. The summed E-state index contributed by atoms with van der Waals surface area (Å²) >= 11 is 10.1. The normalized spacial score (nSPS) is 44.7. The van der Waals surface area contributed by atoms with Crippen molar-refractivity contribution in [1.82, 2.24) is 0 Å². The Bertz CT molecular complexity index is 94.1. The van der Waals surface area contributed by atoms with Crippen molar-refractivity contribution in [2.75, 3.05) is 12.3 Å². The Labute approximate surface area is 49.1 Å². The van der Waals surface area contributed by atoms with Gasteiger partial charge < -0.3 is 0 Å². The molecule has 1 heterocycles. The van der Waals surface area contributed by atoms with Crippen LogP contribution in [-0.4, -0.2) is 12.3 Å². The first kappa shape index (κ1) is 5.44. The Balaban J connectivity index is 2.61. The van der Waals surface area contributed by atoms with E-state index in [1.54, 1.807) is 0 Å². The molecular weight excluding hydrogens is 150 g/mol. The summed E-state index contributed by atoms with van der Waals surface area (Å²) in [7, 11) is 0. The van der Waals surface area contributed by atoms with E-state index < -0.39 is 0 Å². The maximum absolute atomic E-state index is 5.03. The van der Waals surface area contributed by atoms with E-state index in [0.29, 0.717) is 0 Å². The summed E-state index contributed by atoms with van der Waals surface area (Å²) in [5.74, 6) is 0. The van der Waals surface area contributed by atoms with E-state index in [-0.39, 0.29) is 12.8 Å². The topological polar surface area (TPSA) is 0 Å². The molecule has 1 saturated heterocycles. The van der Waals surface area contributed by atoms with Gasteiger partial charge >= 0.3 is 0 Å². The van der Waals surface area contributed by atoms with E-state index in [0.717, 1.165) is 0 Å². The molecular formula is C2H6P2S2. The molecule has 1 rings (SSSR count). The van der Waals surface area contributed by atoms with Crippen LogP contribution in [0, 0.1) is 0 Å². The van der Waals surface area contributed by atoms with Gasteiger partial charge in [-0.3, -0.25) is 0 Å². The fraction of sp³-hybridized carbons (Fsp3) is 1.00. The molecule has 1 fully saturated rings. The smallest absolute Gasteiger partial charge is 0.0172 e. The summed E-state index contributed by atoms with van der Waals surface area (Å²) < 4.78 is 0. The molecule has 0 N–H and O–H groups in total. The van der Waals surface area contributed by atoms with Crippen LogP contribution in [0.1, 0.15) is 0 Å². The summed E-state index contributed by atoms with van der Waals surface area (Å²) in [4.78, 5) is 0. The molecule has 0 aromatic carbocycles. The van der Waals surface area contributed by atoms with Gasteiger partial charge in [0.15, 0.2) is 0 Å². The van der Waals surface area contributed by atoms with Gasteiger partial charge in [-0.05, 0) is 25.1 Å². The summed E-state index contributed by atoms with van der Waals surface area (Å²) in [6.45, 7) is 0. The summed E-state index contributed by atoms with van der Waals surface area (Å²) in [5.41, 5.74) is 0. The van der Waals surface area contributed by atoms with Gasteiger partial charge in [-0.15, -0.1) is 0 Å². The average molecular weight is 156 g/mol. The van der Waals surface area contributed by atoms with Crippen LogP contribution in [0.5, 0.6) is 0 Å². The minimum atomic E-state index is -0.271. The highest BCUT2D eigenvalue weighted by atomic mass is 32.8. The zero-order chi connectivity index (χ0) is 4.57. The van der Waals surface area contributed by atoms with Crippen LogP contribution in [0.2, 0.25) is 0 Å². The van der Waals surface area contributed by atoms with Crippen LogP contribution in [0.4, 0.5) is 0 Å². The van der Waals surface area contributed by atoms with Gasteiger partial charge in [-0.1, -0.05) is 23.6 Å². The van der Waals surface area contributed by atoms with E-state index in [2.05, 4.69) is 0 Å². The van der Waals surface area contributed by atoms with Gasteiger partial charge in [-0.25, -0.2) is 0 Å². The maximum Gasteiger partial charge on any atom is -0.0172 e. The molecule has 0 radical (unpaired) electrons. The molecule has 0 saturated carbocycles. The monoisotopic (exact) mass is 156 g/mol. The van der Waals surface area contributed by atoms with Crippen molar-refractivity contribution in [2.45, 2.75) is 0 Å². The first-order chi connectivity index (χ1) is 2.80. The second kappa shape index (κ2) is 2.05. The third-order valence-electron chi connectivity index (χ3n) is 0.890. The Morgan fingerprint density at radius 1 is 1.00 bits per heavy atom. The fourth-order valence-electron chi connectivity index (χ4n) is 0.329. The maximum atomic E-state index is 5.03. The third kappa shape index (κ3) is 0.924. The van der Waals surface area contributed by atoms with E-state index in [1.165, 1.54) is 12.3 Å². The molecule has 4 heteroatoms. The quantitative estimate of drug-likeness (QED) is 0.484. The summed E-state index contributed by atoms with van der Waals surface area (Å²) in [6.07, 6.45) is 2.12. The summed E-state index contributed by atoms with van der Waals surface area (Å²) in [6, 6.07) is 0. The third-order valence-corrected chi connectivity index (χ3v) is 13.6. The SMILES string of the molecule is S=[PH]1CC[PH]1=S. The second-order valence-electron chi connectivity index (χ2n) is 1.35. The number of hydrogen-bond acceptors (Lipinski definition) is 2. The highest BCUT2D eigenvalue weighted by molar-refractivity contribution is 8.55.